The predicted octanol–water partition coefficient (Wildman–Crippen LogP) is 1.48. The van der Waals surface area contributed by atoms with Gasteiger partial charge in [0.2, 0.25) is 0 Å². The van der Waals surface area contributed by atoms with Crippen molar-refractivity contribution in [1.82, 2.24) is 15.0 Å². The van der Waals surface area contributed by atoms with Crippen molar-refractivity contribution in [2.75, 3.05) is 0 Å². The second-order valence-electron chi connectivity index (χ2n) is 2.20. The van der Waals surface area contributed by atoms with E-state index in [-0.39, 0.29) is 0 Å². The molecule has 0 amide bonds. The molecule has 0 aliphatic heterocycles. The Kier molecular flexibility index (Phi) is 1.45. The molecule has 0 unspecified atom stereocenters. The highest BCUT2D eigenvalue weighted by atomic mass is 35.5. The van der Waals surface area contributed by atoms with Gasteiger partial charge in [0.1, 0.15) is 23.4 Å². The van der Waals surface area contributed by atoms with Crippen molar-refractivity contribution in [3.63, 3.8) is 0 Å². The van der Waals surface area contributed by atoms with Crippen LogP contribution >= 0.6 is 11.6 Å². The number of rotatable bonds is 0. The van der Waals surface area contributed by atoms with Crippen LogP contribution < -0.4 is 0 Å². The third kappa shape index (κ3) is 0.840. The number of hydrogen-bond acceptors (Lipinski definition) is 3. The third-order valence-electron chi connectivity index (χ3n) is 1.54. The van der Waals surface area contributed by atoms with Crippen molar-refractivity contribution >= 4 is 22.6 Å². The SMILES string of the molecule is N#Cc1c[nH]c2c(Cl)ncnc12. The fraction of sp³-hybridized carbons (Fsp3) is 0. The van der Waals surface area contributed by atoms with Crippen molar-refractivity contribution in [3.8, 4) is 6.07 Å². The van der Waals surface area contributed by atoms with Crippen LogP contribution in [0.15, 0.2) is 12.5 Å². The van der Waals surface area contributed by atoms with Gasteiger partial charge in [-0.15, -0.1) is 0 Å². The lowest BCUT2D eigenvalue weighted by atomic mass is 10.3. The molecular weight excluding hydrogens is 176 g/mol. The topological polar surface area (TPSA) is 65.4 Å². The molecule has 4 nitrogen and oxygen atoms in total. The molecule has 0 aliphatic carbocycles. The molecule has 2 aromatic heterocycles. The van der Waals surface area contributed by atoms with Crippen LogP contribution in [0.2, 0.25) is 5.15 Å². The monoisotopic (exact) mass is 178 g/mol. The van der Waals surface area contributed by atoms with Crippen LogP contribution in [0, 0.1) is 11.3 Å². The second-order valence-corrected chi connectivity index (χ2v) is 2.56. The Labute approximate surface area is 72.8 Å². The minimum Gasteiger partial charge on any atom is -0.356 e. The molecule has 0 spiro atoms. The van der Waals surface area contributed by atoms with Crippen LogP contribution in [0.4, 0.5) is 0 Å². The molecule has 0 atom stereocenters. The molecule has 12 heavy (non-hydrogen) atoms. The average molecular weight is 179 g/mol. The molecule has 2 heterocycles. The molecule has 0 aromatic carbocycles. The van der Waals surface area contributed by atoms with Gasteiger partial charge < -0.3 is 4.98 Å². The summed E-state index contributed by atoms with van der Waals surface area (Å²) in [5.41, 5.74) is 1.66. The Bertz CT molecular complexity index is 468. The molecule has 0 radical (unpaired) electrons. The first kappa shape index (κ1) is 7.07. The minimum absolute atomic E-state index is 0.335. The van der Waals surface area contributed by atoms with Crippen molar-refractivity contribution in [1.29, 1.82) is 5.26 Å². The van der Waals surface area contributed by atoms with Gasteiger partial charge in [0.25, 0.3) is 0 Å². The van der Waals surface area contributed by atoms with Crippen molar-refractivity contribution in [2.45, 2.75) is 0 Å². The molecule has 0 fully saturated rings. The highest BCUT2D eigenvalue weighted by molar-refractivity contribution is 6.33. The third-order valence-corrected chi connectivity index (χ3v) is 1.82. The van der Waals surface area contributed by atoms with Crippen molar-refractivity contribution < 1.29 is 0 Å². The van der Waals surface area contributed by atoms with Gasteiger partial charge >= 0.3 is 0 Å². The molecule has 0 saturated heterocycles. The number of hydrogen-bond donors (Lipinski definition) is 1. The number of nitriles is 1. The fourth-order valence-electron chi connectivity index (χ4n) is 0.994. The van der Waals surface area contributed by atoms with Gasteiger partial charge in [-0.05, 0) is 0 Å². The van der Waals surface area contributed by atoms with E-state index >= 15 is 0 Å². The first-order valence-corrected chi connectivity index (χ1v) is 3.58. The Morgan fingerprint density at radius 1 is 1.50 bits per heavy atom. The second kappa shape index (κ2) is 2.47. The van der Waals surface area contributed by atoms with Gasteiger partial charge in [-0.2, -0.15) is 5.26 Å². The maximum atomic E-state index is 8.64. The number of fused-ring (bicyclic) bond motifs is 1. The molecule has 58 valence electrons. The zero-order chi connectivity index (χ0) is 8.55. The van der Waals surface area contributed by atoms with E-state index in [2.05, 4.69) is 15.0 Å². The van der Waals surface area contributed by atoms with E-state index in [9.17, 15) is 0 Å². The highest BCUT2D eigenvalue weighted by Crippen LogP contribution is 2.19. The summed E-state index contributed by atoms with van der Waals surface area (Å²) >= 11 is 5.74. The number of nitrogens with one attached hydrogen (secondary N) is 1. The smallest absolute Gasteiger partial charge is 0.156 e. The molecular formula is C7H3ClN4. The molecule has 0 aliphatic rings. The van der Waals surface area contributed by atoms with Crippen molar-refractivity contribution in [2.24, 2.45) is 0 Å². The summed E-state index contributed by atoms with van der Waals surface area (Å²) in [6.07, 6.45) is 2.89. The summed E-state index contributed by atoms with van der Waals surface area (Å²) in [5, 5.41) is 8.98. The molecule has 1 N–H and O–H groups in total. The number of H-pyrrole nitrogens is 1. The summed E-state index contributed by atoms with van der Waals surface area (Å²) in [4.78, 5) is 10.5. The Balaban J connectivity index is 2.91. The van der Waals surface area contributed by atoms with Crippen LogP contribution in [0.25, 0.3) is 11.0 Å². The van der Waals surface area contributed by atoms with Crippen LogP contribution in [0.1, 0.15) is 5.56 Å². The zero-order valence-electron chi connectivity index (χ0n) is 5.87. The van der Waals surface area contributed by atoms with Gasteiger partial charge in [0, 0.05) is 6.20 Å². The first-order valence-electron chi connectivity index (χ1n) is 3.20. The summed E-state index contributed by atoms with van der Waals surface area (Å²) in [5.74, 6) is 0. The van der Waals surface area contributed by atoms with Gasteiger partial charge in [-0.1, -0.05) is 11.6 Å². The number of aromatic amines is 1. The van der Waals surface area contributed by atoms with E-state index in [0.29, 0.717) is 21.7 Å². The van der Waals surface area contributed by atoms with E-state index in [1.807, 2.05) is 6.07 Å². The zero-order valence-corrected chi connectivity index (χ0v) is 6.63. The number of nitrogens with zero attached hydrogens (tertiary/aromatic N) is 3. The molecule has 0 bridgehead atoms. The number of halogens is 1. The predicted molar refractivity (Wildman–Crippen MR) is 43.6 cm³/mol. The van der Waals surface area contributed by atoms with E-state index < -0.39 is 0 Å². The Hall–Kier alpha value is -1.60. The standard InChI is InChI=1S/C7H3ClN4/c8-7-6-5(11-3-12-7)4(1-9)2-10-6/h2-3,10H. The lowest BCUT2D eigenvalue weighted by Crippen LogP contribution is -1.81. The van der Waals surface area contributed by atoms with Gasteiger partial charge in [-0.3, -0.25) is 0 Å². The van der Waals surface area contributed by atoms with Gasteiger partial charge in [-0.25, -0.2) is 9.97 Å². The molecule has 5 heteroatoms. The molecule has 2 aromatic rings. The minimum atomic E-state index is 0.335. The van der Waals surface area contributed by atoms with E-state index in [0.717, 1.165) is 0 Å². The van der Waals surface area contributed by atoms with E-state index in [1.165, 1.54) is 6.33 Å². The van der Waals surface area contributed by atoms with Gasteiger partial charge in [0.15, 0.2) is 5.15 Å². The lowest BCUT2D eigenvalue weighted by molar-refractivity contribution is 1.22. The van der Waals surface area contributed by atoms with Gasteiger partial charge in [0.05, 0.1) is 5.56 Å². The normalized spacial score (nSPS) is 10.0. The van der Waals surface area contributed by atoms with Crippen LogP contribution in [-0.4, -0.2) is 15.0 Å². The Morgan fingerprint density at radius 2 is 2.33 bits per heavy atom. The quantitative estimate of drug-likeness (QED) is 0.622. The first-order chi connectivity index (χ1) is 5.83. The van der Waals surface area contributed by atoms with Crippen LogP contribution in [-0.2, 0) is 0 Å². The average Bonchev–Trinajstić information content (AvgIpc) is 2.49. The summed E-state index contributed by atoms with van der Waals surface area (Å²) in [6.45, 7) is 0. The lowest BCUT2D eigenvalue weighted by Gasteiger charge is -1.89. The largest absolute Gasteiger partial charge is 0.356 e. The van der Waals surface area contributed by atoms with Crippen molar-refractivity contribution in [3.05, 3.63) is 23.2 Å². The maximum absolute atomic E-state index is 8.64. The van der Waals surface area contributed by atoms with Crippen LogP contribution in [0.5, 0.6) is 0 Å². The maximum Gasteiger partial charge on any atom is 0.156 e. The Morgan fingerprint density at radius 3 is 3.08 bits per heavy atom. The van der Waals surface area contributed by atoms with Crippen LogP contribution in [0.3, 0.4) is 0 Å². The van der Waals surface area contributed by atoms with E-state index in [1.54, 1.807) is 6.20 Å². The summed E-state index contributed by atoms with van der Waals surface area (Å²) in [7, 11) is 0. The van der Waals surface area contributed by atoms with E-state index in [4.69, 9.17) is 16.9 Å². The molecule has 2 rings (SSSR count). The molecule has 0 saturated carbocycles. The summed E-state index contributed by atoms with van der Waals surface area (Å²) in [6, 6.07) is 2.00. The summed E-state index contributed by atoms with van der Waals surface area (Å²) < 4.78 is 0. The highest BCUT2D eigenvalue weighted by Gasteiger charge is 2.06. The number of aromatic nitrogens is 3. The fourth-order valence-corrected chi connectivity index (χ4v) is 1.18.